The molecule has 6 unspecified atom stereocenters. The van der Waals surface area contributed by atoms with E-state index in [-0.39, 0.29) is 28.2 Å². The average Bonchev–Trinajstić information content (AvgIpc) is 3.30. The van der Waals surface area contributed by atoms with Crippen LogP contribution >= 0.6 is 23.2 Å². The van der Waals surface area contributed by atoms with E-state index >= 15 is 0 Å². The van der Waals surface area contributed by atoms with Gasteiger partial charge in [-0.05, 0) is 31.2 Å². The first kappa shape index (κ1) is 27.6. The summed E-state index contributed by atoms with van der Waals surface area (Å²) in [4.78, 5) is 47.7. The van der Waals surface area contributed by atoms with Gasteiger partial charge in [0, 0.05) is 11.5 Å². The number of phenolic OH excluding ortho intramolecular Hbond substituents is 1. The third-order valence-corrected chi connectivity index (χ3v) is 10.1. The summed E-state index contributed by atoms with van der Waals surface area (Å²) in [5.41, 5.74) is -1.34. The predicted molar refractivity (Wildman–Crippen MR) is 132 cm³/mol. The standard InChI is InChI=1S/C27H17Cl2F5N2O5/c1-8-3-2-4-11(21(8)37)14-9-5-6-10-13(23(39)35-22(10)38)12(9)7-26(28)24(40)36(25(41)27(14,26)29)20-18(33)16(31)15(30)17(32)19(20)34/h2-5,10,12-14,37H,6-7H2,1H3,(H,35,38,39). The second-order valence-corrected chi connectivity index (χ2v) is 11.8. The first-order valence-electron chi connectivity index (χ1n) is 12.3. The van der Waals surface area contributed by atoms with Crippen molar-refractivity contribution in [3.8, 4) is 5.75 Å². The highest BCUT2D eigenvalue weighted by Crippen LogP contribution is 2.66. The molecule has 41 heavy (non-hydrogen) atoms. The largest absolute Gasteiger partial charge is 0.507 e. The number of alkyl halides is 2. The van der Waals surface area contributed by atoms with Gasteiger partial charge in [-0.2, -0.15) is 0 Å². The number of para-hydroxylation sites is 1. The number of nitrogens with zero attached hydrogens (tertiary/aromatic N) is 1. The Morgan fingerprint density at radius 3 is 2.15 bits per heavy atom. The maximum absolute atomic E-state index is 14.9. The molecule has 2 saturated heterocycles. The summed E-state index contributed by atoms with van der Waals surface area (Å²) in [7, 11) is 0. The lowest BCUT2D eigenvalue weighted by Gasteiger charge is -2.50. The van der Waals surface area contributed by atoms with Crippen molar-refractivity contribution in [2.75, 3.05) is 4.90 Å². The van der Waals surface area contributed by atoms with Crippen LogP contribution in [0.2, 0.25) is 0 Å². The van der Waals surface area contributed by atoms with Crippen LogP contribution in [0.15, 0.2) is 29.8 Å². The minimum atomic E-state index is -2.68. The Labute approximate surface area is 237 Å². The number of rotatable bonds is 2. The van der Waals surface area contributed by atoms with Gasteiger partial charge in [-0.3, -0.25) is 24.5 Å². The number of aromatic hydroxyl groups is 1. The van der Waals surface area contributed by atoms with Crippen molar-refractivity contribution in [2.24, 2.45) is 17.8 Å². The molecule has 0 bridgehead atoms. The molecule has 214 valence electrons. The van der Waals surface area contributed by atoms with Crippen LogP contribution in [0, 0.1) is 53.8 Å². The smallest absolute Gasteiger partial charge is 0.258 e. The van der Waals surface area contributed by atoms with Crippen LogP contribution < -0.4 is 10.2 Å². The number of carbonyl (C=O) groups excluding carboxylic acids is 4. The third kappa shape index (κ3) is 3.25. The molecule has 2 aromatic carbocycles. The summed E-state index contributed by atoms with van der Waals surface area (Å²) >= 11 is 13.9. The quantitative estimate of drug-likeness (QED) is 0.131. The van der Waals surface area contributed by atoms with Crippen molar-refractivity contribution in [1.82, 2.24) is 5.32 Å². The first-order valence-corrected chi connectivity index (χ1v) is 13.0. The van der Waals surface area contributed by atoms with E-state index in [1.165, 1.54) is 31.2 Å². The monoisotopic (exact) mass is 614 g/mol. The topological polar surface area (TPSA) is 104 Å². The van der Waals surface area contributed by atoms with E-state index in [0.29, 0.717) is 5.56 Å². The normalized spacial score (nSPS) is 32.5. The maximum atomic E-state index is 14.9. The lowest BCUT2D eigenvalue weighted by Crippen LogP contribution is -2.60. The summed E-state index contributed by atoms with van der Waals surface area (Å²) in [5, 5.41) is 13.3. The van der Waals surface area contributed by atoms with Crippen LogP contribution in [0.1, 0.15) is 29.9 Å². The van der Waals surface area contributed by atoms with E-state index < -0.39 is 98.2 Å². The number of imide groups is 2. The molecule has 0 aromatic heterocycles. The Balaban J connectivity index is 1.64. The van der Waals surface area contributed by atoms with Gasteiger partial charge in [-0.25, -0.2) is 26.9 Å². The number of hydrogen-bond donors (Lipinski definition) is 2. The number of aryl methyl sites for hydroxylation is 1. The molecule has 7 nitrogen and oxygen atoms in total. The maximum Gasteiger partial charge on any atom is 0.258 e. The first-order chi connectivity index (χ1) is 19.2. The molecule has 0 spiro atoms. The lowest BCUT2D eigenvalue weighted by atomic mass is 9.56. The van der Waals surface area contributed by atoms with Crippen molar-refractivity contribution in [3.05, 3.63) is 70.1 Å². The van der Waals surface area contributed by atoms with Gasteiger partial charge in [-0.1, -0.05) is 29.8 Å². The number of carbonyl (C=O) groups is 4. The molecule has 2 aliphatic heterocycles. The Kier molecular flexibility index (Phi) is 5.90. The molecule has 4 aliphatic rings. The Hall–Kier alpha value is -3.51. The van der Waals surface area contributed by atoms with Crippen LogP contribution in [-0.4, -0.2) is 38.5 Å². The van der Waals surface area contributed by atoms with E-state index in [0.717, 1.165) is 0 Å². The van der Waals surface area contributed by atoms with Crippen molar-refractivity contribution in [2.45, 2.75) is 35.4 Å². The Morgan fingerprint density at radius 2 is 1.51 bits per heavy atom. The Bertz CT molecular complexity index is 1640. The fourth-order valence-electron chi connectivity index (χ4n) is 6.74. The van der Waals surface area contributed by atoms with Gasteiger partial charge in [0.1, 0.15) is 11.4 Å². The molecule has 2 N–H and O–H groups in total. The second-order valence-electron chi connectivity index (χ2n) is 10.6. The van der Waals surface area contributed by atoms with Crippen molar-refractivity contribution in [1.29, 1.82) is 0 Å². The molecule has 6 rings (SSSR count). The molecule has 2 heterocycles. The highest BCUT2D eigenvalue weighted by atomic mass is 35.5. The highest BCUT2D eigenvalue weighted by Gasteiger charge is 2.77. The van der Waals surface area contributed by atoms with E-state index in [1.807, 2.05) is 0 Å². The highest BCUT2D eigenvalue weighted by molar-refractivity contribution is 6.58. The summed E-state index contributed by atoms with van der Waals surface area (Å²) < 4.78 is 72.1. The zero-order chi connectivity index (χ0) is 29.9. The van der Waals surface area contributed by atoms with Crippen LogP contribution in [-0.2, 0) is 19.2 Å². The zero-order valence-electron chi connectivity index (χ0n) is 20.7. The number of allylic oxidation sites excluding steroid dienone is 2. The van der Waals surface area contributed by atoms with Crippen LogP contribution in [0.3, 0.4) is 0 Å². The van der Waals surface area contributed by atoms with Gasteiger partial charge in [0.05, 0.1) is 11.8 Å². The van der Waals surface area contributed by atoms with Crippen molar-refractivity contribution < 1.29 is 46.2 Å². The fourth-order valence-corrected chi connectivity index (χ4v) is 7.66. The number of halogens is 7. The summed E-state index contributed by atoms with van der Waals surface area (Å²) in [6.45, 7) is 1.52. The molecular formula is C27H17Cl2F5N2O5. The minimum absolute atomic E-state index is 0.0168. The zero-order valence-corrected chi connectivity index (χ0v) is 22.2. The molecule has 2 aromatic rings. The van der Waals surface area contributed by atoms with E-state index in [1.54, 1.807) is 0 Å². The molecule has 3 fully saturated rings. The van der Waals surface area contributed by atoms with Gasteiger partial charge < -0.3 is 5.11 Å². The van der Waals surface area contributed by atoms with Gasteiger partial charge in [0.25, 0.3) is 11.8 Å². The number of nitrogens with one attached hydrogen (secondary N) is 1. The van der Waals surface area contributed by atoms with Gasteiger partial charge in [0.2, 0.25) is 17.6 Å². The van der Waals surface area contributed by atoms with E-state index in [9.17, 15) is 46.2 Å². The predicted octanol–water partition coefficient (Wildman–Crippen LogP) is 4.25. The molecular weight excluding hydrogens is 598 g/mol. The number of anilines is 1. The molecule has 6 atom stereocenters. The van der Waals surface area contributed by atoms with Crippen molar-refractivity contribution in [3.63, 3.8) is 0 Å². The number of phenols is 1. The lowest BCUT2D eigenvalue weighted by molar-refractivity contribution is -0.127. The summed E-state index contributed by atoms with van der Waals surface area (Å²) in [6, 6.07) is 4.37. The van der Waals surface area contributed by atoms with Crippen LogP contribution in [0.4, 0.5) is 27.6 Å². The van der Waals surface area contributed by atoms with Crippen LogP contribution in [0.25, 0.3) is 0 Å². The van der Waals surface area contributed by atoms with E-state index in [2.05, 4.69) is 5.32 Å². The van der Waals surface area contributed by atoms with Crippen molar-refractivity contribution >= 4 is 52.5 Å². The summed E-state index contributed by atoms with van der Waals surface area (Å²) in [6.07, 6.45) is 0.948. The number of amides is 4. The average molecular weight is 615 g/mol. The number of benzene rings is 2. The van der Waals surface area contributed by atoms with Gasteiger partial charge in [0.15, 0.2) is 33.0 Å². The van der Waals surface area contributed by atoms with Gasteiger partial charge >= 0.3 is 0 Å². The minimum Gasteiger partial charge on any atom is -0.507 e. The molecule has 1 saturated carbocycles. The second kappa shape index (κ2) is 8.75. The number of fused-ring (bicyclic) bond motifs is 4. The Morgan fingerprint density at radius 1 is 0.902 bits per heavy atom. The molecule has 2 aliphatic carbocycles. The third-order valence-electron chi connectivity index (χ3n) is 8.64. The SMILES string of the molecule is Cc1cccc(C2C3=CCC4C(=O)NC(=O)C4C3CC3(Cl)C(=O)N(c4c(F)c(F)c(F)c(F)c4F)C(=O)C23Cl)c1O. The van der Waals surface area contributed by atoms with Gasteiger partial charge in [-0.15, -0.1) is 23.2 Å². The van der Waals surface area contributed by atoms with E-state index in [4.69, 9.17) is 23.2 Å². The summed E-state index contributed by atoms with van der Waals surface area (Å²) in [5.74, 6) is -21.5. The number of hydrogen-bond acceptors (Lipinski definition) is 5. The fraction of sp³-hybridized carbons (Fsp3) is 0.333. The molecule has 0 radical (unpaired) electrons. The molecule has 4 amide bonds. The van der Waals surface area contributed by atoms with Crippen LogP contribution in [0.5, 0.6) is 5.75 Å². The molecule has 14 heteroatoms.